The lowest BCUT2D eigenvalue weighted by molar-refractivity contribution is -0.257. The molecule has 9 heteroatoms. The number of nitrogens with zero attached hydrogens (tertiary/aromatic N) is 1. The molecular weight excluding hydrogens is 514 g/mol. The van der Waals surface area contributed by atoms with Crippen LogP contribution in [0.2, 0.25) is 0 Å². The summed E-state index contributed by atoms with van der Waals surface area (Å²) in [7, 11) is 0. The molecule has 3 aliphatic rings. The molecule has 0 amide bonds. The second kappa shape index (κ2) is 10.8. The number of aromatic nitrogens is 1. The molecule has 1 N–H and O–H groups in total. The maximum atomic E-state index is 13.4. The smallest absolute Gasteiger partial charge is 0.375 e. The fourth-order valence-corrected chi connectivity index (χ4v) is 6.36. The molecule has 0 aromatic carbocycles. The van der Waals surface area contributed by atoms with E-state index in [9.17, 15) is 24.3 Å². The maximum absolute atomic E-state index is 13.4. The van der Waals surface area contributed by atoms with Crippen molar-refractivity contribution in [3.63, 3.8) is 0 Å². The highest BCUT2D eigenvalue weighted by atomic mass is 16.6. The average molecular weight is 552 g/mol. The van der Waals surface area contributed by atoms with E-state index >= 15 is 0 Å². The number of Topliss-reactive ketones (excluding diaryl/α,β-unsaturated/α-hetero) is 1. The number of esters is 3. The molecule has 0 bridgehead atoms. The molecular formula is C31H37NO8. The Hall–Kier alpha value is -3.59. The molecule has 2 heterocycles. The summed E-state index contributed by atoms with van der Waals surface area (Å²) >= 11 is 0. The van der Waals surface area contributed by atoms with E-state index in [-0.39, 0.29) is 18.1 Å². The third kappa shape index (κ3) is 4.91. The number of carbonyl (C=O) groups excluding carboxylic acids is 4. The molecule has 6 unspecified atom stereocenters. The molecule has 214 valence electrons. The van der Waals surface area contributed by atoms with E-state index in [1.807, 2.05) is 26.8 Å². The van der Waals surface area contributed by atoms with Gasteiger partial charge in [-0.25, -0.2) is 14.4 Å². The fraction of sp³-hybridized carbons (Fsp3) is 0.516. The summed E-state index contributed by atoms with van der Waals surface area (Å²) in [6.07, 6.45) is 8.73. The standard InChI is InChI=1S/C31H37NO8/c1-18(2)24(34)28(36)39-25-26(40-27(35)21-10-8-14-32-16-21)31(6,37)29(4,13-12-20-15-23(33)38-17-20)22-11-7-9-19(3)30(22,25)5/h8-10,12-16,18,22,25-26,37H,7,11,17H2,1-6H3. The van der Waals surface area contributed by atoms with Crippen LogP contribution in [0.4, 0.5) is 0 Å². The second-order valence-electron chi connectivity index (χ2n) is 11.8. The highest BCUT2D eigenvalue weighted by Crippen LogP contribution is 2.63. The predicted molar refractivity (Wildman–Crippen MR) is 145 cm³/mol. The fourth-order valence-electron chi connectivity index (χ4n) is 6.36. The topological polar surface area (TPSA) is 129 Å². The van der Waals surface area contributed by atoms with Crippen molar-refractivity contribution in [2.75, 3.05) is 6.61 Å². The number of rotatable bonds is 7. The van der Waals surface area contributed by atoms with Crippen LogP contribution in [-0.2, 0) is 28.6 Å². The largest absolute Gasteiger partial charge is 0.458 e. The van der Waals surface area contributed by atoms with Gasteiger partial charge in [-0.05, 0) is 50.3 Å². The van der Waals surface area contributed by atoms with Crippen molar-refractivity contribution in [1.29, 1.82) is 0 Å². The number of hydrogen-bond acceptors (Lipinski definition) is 9. The van der Waals surface area contributed by atoms with Crippen LogP contribution in [-0.4, -0.2) is 58.2 Å². The summed E-state index contributed by atoms with van der Waals surface area (Å²) in [4.78, 5) is 54.7. The van der Waals surface area contributed by atoms with E-state index in [0.717, 1.165) is 12.0 Å². The summed E-state index contributed by atoms with van der Waals surface area (Å²) in [6.45, 7) is 10.6. The van der Waals surface area contributed by atoms with Crippen molar-refractivity contribution in [3.05, 3.63) is 65.5 Å². The van der Waals surface area contributed by atoms with Gasteiger partial charge in [-0.2, -0.15) is 0 Å². The number of pyridine rings is 1. The summed E-state index contributed by atoms with van der Waals surface area (Å²) in [5.41, 5.74) is -2.02. The molecule has 2 aliphatic carbocycles. The van der Waals surface area contributed by atoms with Gasteiger partial charge in [-0.3, -0.25) is 9.78 Å². The van der Waals surface area contributed by atoms with Gasteiger partial charge >= 0.3 is 17.9 Å². The van der Waals surface area contributed by atoms with Crippen molar-refractivity contribution in [2.24, 2.45) is 22.7 Å². The predicted octanol–water partition coefficient (Wildman–Crippen LogP) is 3.92. The van der Waals surface area contributed by atoms with E-state index in [1.54, 1.807) is 32.9 Å². The first-order valence-corrected chi connectivity index (χ1v) is 13.6. The maximum Gasteiger partial charge on any atom is 0.375 e. The summed E-state index contributed by atoms with van der Waals surface area (Å²) in [5.74, 6) is -3.83. The van der Waals surface area contributed by atoms with Gasteiger partial charge in [-0.1, -0.05) is 51.5 Å². The van der Waals surface area contributed by atoms with Crippen LogP contribution in [0.15, 0.2) is 60.0 Å². The molecule has 1 aromatic heterocycles. The molecule has 0 saturated heterocycles. The van der Waals surface area contributed by atoms with Crippen LogP contribution in [0.5, 0.6) is 0 Å². The highest BCUT2D eigenvalue weighted by molar-refractivity contribution is 6.34. The number of allylic oxidation sites excluding steroid dienone is 1. The number of cyclic esters (lactones) is 1. The molecule has 1 fully saturated rings. The Morgan fingerprint density at radius 2 is 1.90 bits per heavy atom. The first-order chi connectivity index (χ1) is 18.7. The number of carbonyl (C=O) groups is 4. The zero-order chi connectivity index (χ0) is 29.5. The third-order valence-corrected chi connectivity index (χ3v) is 9.13. The Morgan fingerprint density at radius 3 is 2.50 bits per heavy atom. The van der Waals surface area contributed by atoms with Crippen LogP contribution >= 0.6 is 0 Å². The van der Waals surface area contributed by atoms with Gasteiger partial charge in [0.15, 0.2) is 12.2 Å². The molecule has 9 nitrogen and oxygen atoms in total. The lowest BCUT2D eigenvalue weighted by atomic mass is 9.44. The van der Waals surface area contributed by atoms with Gasteiger partial charge in [0, 0.05) is 35.2 Å². The lowest BCUT2D eigenvalue weighted by Gasteiger charge is -2.64. The van der Waals surface area contributed by atoms with E-state index in [4.69, 9.17) is 14.2 Å². The summed E-state index contributed by atoms with van der Waals surface area (Å²) in [6, 6.07) is 3.13. The summed E-state index contributed by atoms with van der Waals surface area (Å²) in [5, 5.41) is 12.4. The van der Waals surface area contributed by atoms with Crippen molar-refractivity contribution in [2.45, 2.75) is 72.2 Å². The zero-order valence-corrected chi connectivity index (χ0v) is 23.8. The summed E-state index contributed by atoms with van der Waals surface area (Å²) < 4.78 is 17.0. The van der Waals surface area contributed by atoms with E-state index < -0.39 is 58.2 Å². The normalized spacial score (nSPS) is 33.6. The van der Waals surface area contributed by atoms with Gasteiger partial charge < -0.3 is 19.3 Å². The first kappa shape index (κ1) is 29.4. The van der Waals surface area contributed by atoms with Gasteiger partial charge in [0.1, 0.15) is 12.2 Å². The van der Waals surface area contributed by atoms with Crippen molar-refractivity contribution in [1.82, 2.24) is 4.98 Å². The molecule has 40 heavy (non-hydrogen) atoms. The van der Waals surface area contributed by atoms with Crippen molar-refractivity contribution >= 4 is 23.7 Å². The van der Waals surface area contributed by atoms with Crippen molar-refractivity contribution in [3.8, 4) is 0 Å². The molecule has 0 radical (unpaired) electrons. The minimum atomic E-state index is -1.78. The number of ketones is 1. The van der Waals surface area contributed by atoms with Gasteiger partial charge in [0.25, 0.3) is 0 Å². The Balaban J connectivity index is 1.87. The Labute approximate surface area is 234 Å². The Bertz CT molecular complexity index is 1290. The van der Waals surface area contributed by atoms with E-state index in [2.05, 4.69) is 11.1 Å². The van der Waals surface area contributed by atoms with Crippen LogP contribution < -0.4 is 0 Å². The van der Waals surface area contributed by atoms with Crippen LogP contribution in [0.25, 0.3) is 0 Å². The lowest BCUT2D eigenvalue weighted by Crippen LogP contribution is -2.72. The average Bonchev–Trinajstić information content (AvgIpc) is 3.34. The number of aliphatic hydroxyl groups is 1. The van der Waals surface area contributed by atoms with Crippen LogP contribution in [0.1, 0.15) is 64.7 Å². The first-order valence-electron chi connectivity index (χ1n) is 13.6. The van der Waals surface area contributed by atoms with Crippen LogP contribution in [0, 0.1) is 22.7 Å². The molecule has 1 aliphatic heterocycles. The van der Waals surface area contributed by atoms with Gasteiger partial charge in [0.05, 0.1) is 5.56 Å². The quantitative estimate of drug-likeness (QED) is 0.232. The minimum absolute atomic E-state index is 0.116. The minimum Gasteiger partial charge on any atom is -0.458 e. The molecule has 1 saturated carbocycles. The number of ether oxygens (including phenoxy) is 3. The molecule has 4 rings (SSSR count). The Kier molecular flexibility index (Phi) is 7.91. The second-order valence-corrected chi connectivity index (χ2v) is 11.8. The molecule has 1 aromatic rings. The monoisotopic (exact) mass is 551 g/mol. The number of fused-ring (bicyclic) bond motifs is 1. The zero-order valence-electron chi connectivity index (χ0n) is 23.8. The molecule has 0 spiro atoms. The van der Waals surface area contributed by atoms with Crippen molar-refractivity contribution < 1.29 is 38.5 Å². The third-order valence-electron chi connectivity index (χ3n) is 9.13. The van der Waals surface area contributed by atoms with E-state index in [0.29, 0.717) is 12.0 Å². The van der Waals surface area contributed by atoms with E-state index in [1.165, 1.54) is 24.5 Å². The Morgan fingerprint density at radius 1 is 1.18 bits per heavy atom. The number of hydrogen-bond donors (Lipinski definition) is 1. The SMILES string of the molecule is CC1=CCCC2C1(C)C(OC(=O)C(=O)C(C)C)C(OC(=O)c1cccnc1)C(C)(O)C2(C)C=CC1=CC(=O)OC1. The van der Waals surface area contributed by atoms with Gasteiger partial charge in [0.2, 0.25) is 5.78 Å². The van der Waals surface area contributed by atoms with Gasteiger partial charge in [-0.15, -0.1) is 0 Å². The van der Waals surface area contributed by atoms with Crippen LogP contribution in [0.3, 0.4) is 0 Å². The highest BCUT2D eigenvalue weighted by Gasteiger charge is 2.69. The molecule has 6 atom stereocenters.